The van der Waals surface area contributed by atoms with E-state index in [1.807, 2.05) is 30.3 Å². The van der Waals surface area contributed by atoms with Crippen molar-refractivity contribution in [3.05, 3.63) is 70.3 Å². The van der Waals surface area contributed by atoms with E-state index >= 15 is 0 Å². The van der Waals surface area contributed by atoms with Gasteiger partial charge in [0.05, 0.1) is 43.3 Å². The van der Waals surface area contributed by atoms with Gasteiger partial charge >= 0.3 is 0 Å². The molecule has 1 aliphatic heterocycles. The number of nitriles is 1. The highest BCUT2D eigenvalue weighted by Crippen LogP contribution is 2.26. The van der Waals surface area contributed by atoms with Crippen LogP contribution >= 0.6 is 0 Å². The molecular weight excluding hydrogens is 408 g/mol. The number of aromatic nitrogens is 3. The van der Waals surface area contributed by atoms with Crippen LogP contribution in [0.5, 0.6) is 11.6 Å². The summed E-state index contributed by atoms with van der Waals surface area (Å²) in [5, 5.41) is 11.0. The summed E-state index contributed by atoms with van der Waals surface area (Å²) >= 11 is 0. The monoisotopic (exact) mass is 428 g/mol. The first-order valence-electron chi connectivity index (χ1n) is 10.3. The zero-order valence-electron chi connectivity index (χ0n) is 17.4. The number of hydrogen-bond acceptors (Lipinski definition) is 7. The van der Waals surface area contributed by atoms with Gasteiger partial charge in [0.25, 0.3) is 5.56 Å². The Morgan fingerprint density at radius 2 is 2.09 bits per heavy atom. The molecule has 160 valence electrons. The van der Waals surface area contributed by atoms with Crippen molar-refractivity contribution in [1.82, 2.24) is 14.5 Å². The summed E-state index contributed by atoms with van der Waals surface area (Å²) in [4.78, 5) is 22.3. The summed E-state index contributed by atoms with van der Waals surface area (Å²) in [6, 6.07) is 16.5. The molecule has 0 radical (unpaired) electrons. The van der Waals surface area contributed by atoms with Gasteiger partial charge in [-0.1, -0.05) is 12.1 Å². The standard InChI is InChI=1S/C24H20N4O4/c1-30-17-6-7-21-15(11-17)10-16(12-25)24(29)28(21)13-22-26-20-5-3-2-4-19(20)23(27-22)32-18-8-9-31-14-18/h2-7,10-11,18H,8-9,13-14H2,1H3. The molecule has 1 saturated heterocycles. The van der Waals surface area contributed by atoms with Gasteiger partial charge in [0.1, 0.15) is 23.5 Å². The van der Waals surface area contributed by atoms with Crippen LogP contribution in [0.3, 0.4) is 0 Å². The van der Waals surface area contributed by atoms with Crippen LogP contribution in [0, 0.1) is 11.3 Å². The van der Waals surface area contributed by atoms with Gasteiger partial charge in [-0.25, -0.2) is 4.98 Å². The molecule has 8 heteroatoms. The molecule has 0 spiro atoms. The largest absolute Gasteiger partial charge is 0.497 e. The average molecular weight is 428 g/mol. The Bertz CT molecular complexity index is 1420. The number of fused-ring (bicyclic) bond motifs is 2. The molecule has 0 saturated carbocycles. The zero-order chi connectivity index (χ0) is 22.1. The van der Waals surface area contributed by atoms with E-state index in [-0.39, 0.29) is 18.2 Å². The number of rotatable bonds is 5. The Morgan fingerprint density at radius 3 is 2.88 bits per heavy atom. The van der Waals surface area contributed by atoms with Crippen molar-refractivity contribution in [1.29, 1.82) is 5.26 Å². The van der Waals surface area contributed by atoms with Crippen LogP contribution in [0.25, 0.3) is 21.8 Å². The number of pyridine rings is 1. The second-order valence-corrected chi connectivity index (χ2v) is 7.55. The lowest BCUT2D eigenvalue weighted by Gasteiger charge is -2.15. The normalized spacial score (nSPS) is 15.7. The first-order valence-corrected chi connectivity index (χ1v) is 10.3. The van der Waals surface area contributed by atoms with Gasteiger partial charge in [-0.15, -0.1) is 0 Å². The Hall–Kier alpha value is -3.96. The van der Waals surface area contributed by atoms with E-state index in [1.165, 1.54) is 4.57 Å². The molecular formula is C24H20N4O4. The average Bonchev–Trinajstić information content (AvgIpc) is 3.33. The molecule has 32 heavy (non-hydrogen) atoms. The molecule has 5 rings (SSSR count). The summed E-state index contributed by atoms with van der Waals surface area (Å²) in [7, 11) is 1.57. The molecule has 1 fully saturated rings. The van der Waals surface area contributed by atoms with E-state index in [2.05, 4.69) is 9.97 Å². The van der Waals surface area contributed by atoms with Gasteiger partial charge in [0.2, 0.25) is 5.88 Å². The fourth-order valence-electron chi connectivity index (χ4n) is 3.89. The number of nitrogens with zero attached hydrogens (tertiary/aromatic N) is 4. The van der Waals surface area contributed by atoms with Crippen molar-refractivity contribution in [2.45, 2.75) is 19.1 Å². The third kappa shape index (κ3) is 3.63. The van der Waals surface area contributed by atoms with Crippen LogP contribution in [0.1, 0.15) is 17.8 Å². The summed E-state index contributed by atoms with van der Waals surface area (Å²) in [6.07, 6.45) is 0.725. The molecule has 1 atom stereocenters. The molecule has 0 aliphatic carbocycles. The maximum atomic E-state index is 13.0. The smallest absolute Gasteiger partial charge is 0.269 e. The maximum absolute atomic E-state index is 13.0. The SMILES string of the molecule is COc1ccc2c(c1)cc(C#N)c(=O)n2Cc1nc(OC2CCOC2)c2ccccc2n1. The van der Waals surface area contributed by atoms with Crippen molar-refractivity contribution in [3.8, 4) is 17.7 Å². The minimum absolute atomic E-state index is 0.0473. The van der Waals surface area contributed by atoms with Gasteiger partial charge in [-0.3, -0.25) is 9.36 Å². The minimum atomic E-state index is -0.395. The lowest BCUT2D eigenvalue weighted by atomic mass is 10.1. The maximum Gasteiger partial charge on any atom is 0.269 e. The van der Waals surface area contributed by atoms with E-state index < -0.39 is 5.56 Å². The van der Waals surface area contributed by atoms with Gasteiger partial charge in [-0.2, -0.15) is 10.2 Å². The van der Waals surface area contributed by atoms with E-state index in [9.17, 15) is 10.1 Å². The van der Waals surface area contributed by atoms with Crippen molar-refractivity contribution in [3.63, 3.8) is 0 Å². The van der Waals surface area contributed by atoms with Crippen molar-refractivity contribution >= 4 is 21.8 Å². The Kier molecular flexibility index (Phi) is 5.17. The van der Waals surface area contributed by atoms with Crippen LogP contribution in [0.2, 0.25) is 0 Å². The van der Waals surface area contributed by atoms with Gasteiger partial charge in [0, 0.05) is 11.8 Å². The Morgan fingerprint density at radius 1 is 1.22 bits per heavy atom. The van der Waals surface area contributed by atoms with Crippen molar-refractivity contribution in [2.24, 2.45) is 0 Å². The first-order chi connectivity index (χ1) is 15.7. The highest BCUT2D eigenvalue weighted by molar-refractivity contribution is 5.84. The second kappa shape index (κ2) is 8.29. The lowest BCUT2D eigenvalue weighted by Crippen LogP contribution is -2.25. The molecule has 1 aliphatic rings. The number of methoxy groups -OCH3 is 1. The fourth-order valence-corrected chi connectivity index (χ4v) is 3.89. The first kappa shape index (κ1) is 20.0. The molecule has 1 unspecified atom stereocenters. The number of hydrogen-bond donors (Lipinski definition) is 0. The summed E-state index contributed by atoms with van der Waals surface area (Å²) in [5.74, 6) is 1.53. The molecule has 0 amide bonds. The number of ether oxygens (including phenoxy) is 3. The lowest BCUT2D eigenvalue weighted by molar-refractivity contribution is 0.139. The number of para-hydroxylation sites is 1. The van der Waals surface area contributed by atoms with Gasteiger partial charge in [-0.05, 0) is 36.4 Å². The predicted octanol–water partition coefficient (Wildman–Crippen LogP) is 3.04. The molecule has 2 aromatic heterocycles. The summed E-state index contributed by atoms with van der Waals surface area (Å²) in [5.41, 5.74) is 1.04. The van der Waals surface area contributed by atoms with E-state index in [4.69, 9.17) is 14.2 Å². The van der Waals surface area contributed by atoms with Crippen LogP contribution in [0.15, 0.2) is 53.3 Å². The van der Waals surface area contributed by atoms with Crippen LogP contribution < -0.4 is 15.0 Å². The summed E-state index contributed by atoms with van der Waals surface area (Å²) < 4.78 is 18.4. The van der Waals surface area contributed by atoms with Crippen LogP contribution in [0.4, 0.5) is 0 Å². The van der Waals surface area contributed by atoms with Crippen LogP contribution in [-0.2, 0) is 11.3 Å². The zero-order valence-corrected chi connectivity index (χ0v) is 17.4. The molecule has 8 nitrogen and oxygen atoms in total. The molecule has 0 N–H and O–H groups in total. The second-order valence-electron chi connectivity index (χ2n) is 7.55. The highest BCUT2D eigenvalue weighted by atomic mass is 16.5. The van der Waals surface area contributed by atoms with E-state index in [1.54, 1.807) is 31.4 Å². The minimum Gasteiger partial charge on any atom is -0.497 e. The third-order valence-electron chi connectivity index (χ3n) is 5.50. The molecule has 4 aromatic rings. The predicted molar refractivity (Wildman–Crippen MR) is 118 cm³/mol. The van der Waals surface area contributed by atoms with E-state index in [0.29, 0.717) is 36.2 Å². The summed E-state index contributed by atoms with van der Waals surface area (Å²) in [6.45, 7) is 1.27. The van der Waals surface area contributed by atoms with Gasteiger partial charge in [0.15, 0.2) is 5.82 Å². The van der Waals surface area contributed by atoms with Crippen molar-refractivity contribution < 1.29 is 14.2 Å². The van der Waals surface area contributed by atoms with Crippen molar-refractivity contribution in [2.75, 3.05) is 20.3 Å². The third-order valence-corrected chi connectivity index (χ3v) is 5.50. The molecule has 3 heterocycles. The number of benzene rings is 2. The molecule has 0 bridgehead atoms. The quantitative estimate of drug-likeness (QED) is 0.482. The van der Waals surface area contributed by atoms with Crippen LogP contribution in [-0.4, -0.2) is 41.0 Å². The Labute approximate surface area is 183 Å². The molecule has 2 aromatic carbocycles. The fraction of sp³-hybridized carbons (Fsp3) is 0.250. The van der Waals surface area contributed by atoms with E-state index in [0.717, 1.165) is 22.7 Å². The Balaban J connectivity index is 1.63. The highest BCUT2D eigenvalue weighted by Gasteiger charge is 2.20. The van der Waals surface area contributed by atoms with Gasteiger partial charge < -0.3 is 14.2 Å². The topological polar surface area (TPSA) is 99.3 Å².